The van der Waals surface area contributed by atoms with Gasteiger partial charge in [0.2, 0.25) is 5.91 Å². The molecule has 1 saturated heterocycles. The van der Waals surface area contributed by atoms with Crippen LogP contribution in [0.2, 0.25) is 0 Å². The lowest BCUT2D eigenvalue weighted by atomic mass is 10.2. The van der Waals surface area contributed by atoms with Crippen LogP contribution in [0, 0.1) is 0 Å². The molecule has 0 aromatic heterocycles. The number of carbonyl (C=O) groups is 1. The van der Waals surface area contributed by atoms with Gasteiger partial charge in [-0.2, -0.15) is 13.2 Å². The van der Waals surface area contributed by atoms with Gasteiger partial charge in [0.05, 0.1) is 0 Å². The van der Waals surface area contributed by atoms with Crippen LogP contribution in [0.4, 0.5) is 13.2 Å². The third-order valence-electron chi connectivity index (χ3n) is 2.21. The summed E-state index contributed by atoms with van der Waals surface area (Å²) in [5.41, 5.74) is 0. The summed E-state index contributed by atoms with van der Waals surface area (Å²) in [5, 5.41) is 5.67. The monoisotopic (exact) mass is 240 g/mol. The number of amides is 1. The number of ether oxygens (including phenoxy) is 1. The first kappa shape index (κ1) is 13.2. The van der Waals surface area contributed by atoms with Crippen LogP contribution >= 0.6 is 0 Å². The van der Waals surface area contributed by atoms with Gasteiger partial charge in [-0.3, -0.25) is 4.79 Å². The molecule has 1 aliphatic heterocycles. The zero-order valence-electron chi connectivity index (χ0n) is 8.77. The second kappa shape index (κ2) is 6.05. The molecule has 0 aromatic rings. The normalized spacial score (nSPS) is 21.1. The van der Waals surface area contributed by atoms with Gasteiger partial charge in [-0.15, -0.1) is 0 Å². The van der Waals surface area contributed by atoms with Crippen molar-refractivity contribution < 1.29 is 22.7 Å². The van der Waals surface area contributed by atoms with Crippen molar-refractivity contribution in [3.05, 3.63) is 0 Å². The quantitative estimate of drug-likeness (QED) is 0.733. The van der Waals surface area contributed by atoms with Gasteiger partial charge in [0.1, 0.15) is 13.2 Å². The van der Waals surface area contributed by atoms with E-state index in [0.29, 0.717) is 6.54 Å². The Balaban J connectivity index is 2.02. The van der Waals surface area contributed by atoms with E-state index in [1.165, 1.54) is 0 Å². The molecule has 94 valence electrons. The molecule has 7 heteroatoms. The molecule has 1 aliphatic rings. The summed E-state index contributed by atoms with van der Waals surface area (Å²) in [7, 11) is 0. The first-order valence-corrected chi connectivity index (χ1v) is 5.12. The number of halogens is 3. The largest absolute Gasteiger partial charge is 0.411 e. The molecular formula is C9H15F3N2O2. The van der Waals surface area contributed by atoms with Crippen molar-refractivity contribution in [2.75, 3.05) is 26.3 Å². The van der Waals surface area contributed by atoms with Gasteiger partial charge < -0.3 is 15.4 Å². The summed E-state index contributed by atoms with van der Waals surface area (Å²) in [4.78, 5) is 11.1. The topological polar surface area (TPSA) is 50.4 Å². The molecule has 4 nitrogen and oxygen atoms in total. The minimum atomic E-state index is -4.38. The number of hydrogen-bond acceptors (Lipinski definition) is 3. The van der Waals surface area contributed by atoms with E-state index in [1.807, 2.05) is 0 Å². The third-order valence-corrected chi connectivity index (χ3v) is 2.21. The van der Waals surface area contributed by atoms with Crippen molar-refractivity contribution in [3.8, 4) is 0 Å². The average molecular weight is 240 g/mol. The van der Waals surface area contributed by atoms with Crippen LogP contribution in [0.3, 0.4) is 0 Å². The number of rotatable bonds is 5. The highest BCUT2D eigenvalue weighted by atomic mass is 19.4. The minimum Gasteiger partial charge on any atom is -0.362 e. The van der Waals surface area contributed by atoms with Gasteiger partial charge in [-0.05, 0) is 19.4 Å². The van der Waals surface area contributed by atoms with Crippen molar-refractivity contribution in [2.24, 2.45) is 0 Å². The maximum atomic E-state index is 11.7. The molecule has 1 amide bonds. The molecule has 1 heterocycles. The van der Waals surface area contributed by atoms with Gasteiger partial charge in [0.25, 0.3) is 0 Å². The van der Waals surface area contributed by atoms with Crippen molar-refractivity contribution in [1.29, 1.82) is 0 Å². The number of carbonyl (C=O) groups excluding carboxylic acids is 1. The molecule has 1 unspecified atom stereocenters. The van der Waals surface area contributed by atoms with E-state index in [1.54, 1.807) is 0 Å². The first-order valence-electron chi connectivity index (χ1n) is 5.12. The molecule has 0 radical (unpaired) electrons. The zero-order chi connectivity index (χ0) is 12.0. The summed E-state index contributed by atoms with van der Waals surface area (Å²) < 4.78 is 39.2. The standard InChI is InChI=1S/C9H15F3N2O2/c10-9(11,12)6-16-5-8(15)14-4-7-2-1-3-13-7/h7,13H,1-6H2,(H,14,15). The molecule has 1 rings (SSSR count). The fourth-order valence-electron chi connectivity index (χ4n) is 1.48. The van der Waals surface area contributed by atoms with E-state index in [4.69, 9.17) is 0 Å². The number of nitrogens with one attached hydrogen (secondary N) is 2. The predicted molar refractivity (Wildman–Crippen MR) is 50.9 cm³/mol. The molecule has 16 heavy (non-hydrogen) atoms. The van der Waals surface area contributed by atoms with Crippen LogP contribution in [0.25, 0.3) is 0 Å². The van der Waals surface area contributed by atoms with Gasteiger partial charge in [0.15, 0.2) is 0 Å². The summed E-state index contributed by atoms with van der Waals surface area (Å²) >= 11 is 0. The maximum absolute atomic E-state index is 11.7. The average Bonchev–Trinajstić information content (AvgIpc) is 2.65. The lowest BCUT2D eigenvalue weighted by Gasteiger charge is -2.12. The summed E-state index contributed by atoms with van der Waals surface area (Å²) in [6.07, 6.45) is -2.35. The summed E-state index contributed by atoms with van der Waals surface area (Å²) in [5.74, 6) is -0.516. The Kier molecular flexibility index (Phi) is 5.01. The molecule has 0 spiro atoms. The third kappa shape index (κ3) is 5.92. The fourth-order valence-corrected chi connectivity index (χ4v) is 1.48. The predicted octanol–water partition coefficient (Wildman–Crippen LogP) is 0.434. The highest BCUT2D eigenvalue weighted by molar-refractivity contribution is 5.77. The van der Waals surface area contributed by atoms with E-state index < -0.39 is 25.3 Å². The zero-order valence-corrected chi connectivity index (χ0v) is 8.77. The maximum Gasteiger partial charge on any atom is 0.411 e. The minimum absolute atomic E-state index is 0.228. The summed E-state index contributed by atoms with van der Waals surface area (Å²) in [6.45, 7) is -0.576. The fraction of sp³-hybridized carbons (Fsp3) is 0.889. The van der Waals surface area contributed by atoms with Gasteiger partial charge in [0, 0.05) is 12.6 Å². The lowest BCUT2D eigenvalue weighted by Crippen LogP contribution is -2.39. The van der Waals surface area contributed by atoms with Crippen molar-refractivity contribution in [1.82, 2.24) is 10.6 Å². The van der Waals surface area contributed by atoms with Gasteiger partial charge >= 0.3 is 6.18 Å². The van der Waals surface area contributed by atoms with E-state index in [-0.39, 0.29) is 6.04 Å². The molecule has 2 N–H and O–H groups in total. The Morgan fingerprint density at radius 3 is 2.81 bits per heavy atom. The van der Waals surface area contributed by atoms with Crippen molar-refractivity contribution >= 4 is 5.91 Å². The Morgan fingerprint density at radius 2 is 2.25 bits per heavy atom. The Morgan fingerprint density at radius 1 is 1.50 bits per heavy atom. The van der Waals surface area contributed by atoms with Crippen LogP contribution in [0.15, 0.2) is 0 Å². The van der Waals surface area contributed by atoms with Crippen molar-refractivity contribution in [2.45, 2.75) is 25.1 Å². The first-order chi connectivity index (χ1) is 7.47. The second-order valence-electron chi connectivity index (χ2n) is 3.71. The van der Waals surface area contributed by atoms with E-state index in [9.17, 15) is 18.0 Å². The second-order valence-corrected chi connectivity index (χ2v) is 3.71. The van der Waals surface area contributed by atoms with Crippen LogP contribution < -0.4 is 10.6 Å². The van der Waals surface area contributed by atoms with Crippen LogP contribution in [0.5, 0.6) is 0 Å². The lowest BCUT2D eigenvalue weighted by molar-refractivity contribution is -0.175. The number of hydrogen-bond donors (Lipinski definition) is 2. The van der Waals surface area contributed by atoms with E-state index in [2.05, 4.69) is 15.4 Å². The van der Waals surface area contributed by atoms with E-state index >= 15 is 0 Å². The highest BCUT2D eigenvalue weighted by Crippen LogP contribution is 2.14. The van der Waals surface area contributed by atoms with Crippen LogP contribution in [-0.4, -0.2) is 44.4 Å². The Labute approximate surface area is 91.5 Å². The number of alkyl halides is 3. The molecule has 0 bridgehead atoms. The summed E-state index contributed by atoms with van der Waals surface area (Å²) in [6, 6.07) is 0.228. The highest BCUT2D eigenvalue weighted by Gasteiger charge is 2.27. The molecule has 0 saturated carbocycles. The molecule has 0 aromatic carbocycles. The molecule has 1 atom stereocenters. The molecular weight excluding hydrogens is 225 g/mol. The Hall–Kier alpha value is -0.820. The smallest absolute Gasteiger partial charge is 0.362 e. The van der Waals surface area contributed by atoms with Crippen LogP contribution in [0.1, 0.15) is 12.8 Å². The van der Waals surface area contributed by atoms with Gasteiger partial charge in [-0.1, -0.05) is 0 Å². The SMILES string of the molecule is O=C(COCC(F)(F)F)NCC1CCCN1. The van der Waals surface area contributed by atoms with Crippen LogP contribution in [-0.2, 0) is 9.53 Å². The van der Waals surface area contributed by atoms with Gasteiger partial charge in [-0.25, -0.2) is 0 Å². The molecule has 0 aliphatic carbocycles. The Bertz CT molecular complexity index is 227. The van der Waals surface area contributed by atoms with Crippen molar-refractivity contribution in [3.63, 3.8) is 0 Å². The molecule has 1 fully saturated rings. The van der Waals surface area contributed by atoms with E-state index in [0.717, 1.165) is 19.4 Å².